The highest BCUT2D eigenvalue weighted by Gasteiger charge is 2.32. The van der Waals surface area contributed by atoms with Crippen LogP contribution in [0.25, 0.3) is 0 Å². The van der Waals surface area contributed by atoms with Crippen LogP contribution >= 0.6 is 0 Å². The monoisotopic (exact) mass is 311 g/mol. The number of aryl methyl sites for hydroxylation is 1. The third-order valence-electron chi connectivity index (χ3n) is 5.33. The lowest BCUT2D eigenvalue weighted by Gasteiger charge is -2.28. The van der Waals surface area contributed by atoms with Crippen LogP contribution in [0.3, 0.4) is 0 Å². The van der Waals surface area contributed by atoms with Crippen LogP contribution in [0.15, 0.2) is 24.3 Å². The third kappa shape index (κ3) is 2.90. The molecule has 2 aromatic rings. The Hall–Kier alpha value is -1.75. The predicted octanol–water partition coefficient (Wildman–Crippen LogP) is 3.28. The molecule has 1 saturated carbocycles. The summed E-state index contributed by atoms with van der Waals surface area (Å²) in [6, 6.07) is 9.55. The van der Waals surface area contributed by atoms with Gasteiger partial charge in [-0.25, -0.2) is 4.68 Å². The van der Waals surface area contributed by atoms with E-state index < -0.39 is 0 Å². The highest BCUT2D eigenvalue weighted by Crippen LogP contribution is 2.35. The molecular formula is C18H25N5. The van der Waals surface area contributed by atoms with E-state index in [0.29, 0.717) is 6.04 Å². The van der Waals surface area contributed by atoms with Gasteiger partial charge in [0.15, 0.2) is 5.82 Å². The lowest BCUT2D eigenvalue weighted by Crippen LogP contribution is -2.30. The van der Waals surface area contributed by atoms with Gasteiger partial charge >= 0.3 is 0 Å². The molecule has 0 spiro atoms. The molecule has 122 valence electrons. The zero-order valence-electron chi connectivity index (χ0n) is 13.9. The number of likely N-dealkylation sites (tertiary alicyclic amines) is 1. The van der Waals surface area contributed by atoms with Gasteiger partial charge in [-0.1, -0.05) is 42.7 Å². The van der Waals surface area contributed by atoms with Crippen molar-refractivity contribution in [2.45, 2.75) is 57.5 Å². The van der Waals surface area contributed by atoms with Gasteiger partial charge in [0.2, 0.25) is 0 Å². The van der Waals surface area contributed by atoms with Gasteiger partial charge < -0.3 is 0 Å². The number of benzene rings is 1. The van der Waals surface area contributed by atoms with Gasteiger partial charge in [0.1, 0.15) is 0 Å². The van der Waals surface area contributed by atoms with Crippen LogP contribution in [0.1, 0.15) is 67.6 Å². The molecule has 0 radical (unpaired) electrons. The van der Waals surface area contributed by atoms with Crippen molar-refractivity contribution in [1.29, 1.82) is 0 Å². The lowest BCUT2D eigenvalue weighted by molar-refractivity contribution is 0.257. The minimum absolute atomic E-state index is 0.189. The van der Waals surface area contributed by atoms with E-state index in [1.807, 2.05) is 0 Å². The van der Waals surface area contributed by atoms with Crippen molar-refractivity contribution < 1.29 is 0 Å². The Morgan fingerprint density at radius 2 is 1.70 bits per heavy atom. The highest BCUT2D eigenvalue weighted by molar-refractivity contribution is 5.28. The van der Waals surface area contributed by atoms with Gasteiger partial charge in [0.25, 0.3) is 0 Å². The Kier molecular flexibility index (Phi) is 4.12. The van der Waals surface area contributed by atoms with Crippen molar-refractivity contribution in [3.63, 3.8) is 0 Å². The summed E-state index contributed by atoms with van der Waals surface area (Å²) < 4.78 is 2.12. The molecule has 1 aliphatic carbocycles. The predicted molar refractivity (Wildman–Crippen MR) is 89.2 cm³/mol. The maximum absolute atomic E-state index is 4.46. The SMILES string of the molecule is Cc1ccc([C@H](c2nnnn2C2CCCC2)N2CCCC2)cc1. The first kappa shape index (κ1) is 14.8. The molecule has 0 N–H and O–H groups in total. The summed E-state index contributed by atoms with van der Waals surface area (Å²) in [5.41, 5.74) is 2.61. The van der Waals surface area contributed by atoms with Gasteiger partial charge in [-0.05, 0) is 61.7 Å². The molecule has 1 aromatic carbocycles. The second-order valence-electron chi connectivity index (χ2n) is 6.98. The fraction of sp³-hybridized carbons (Fsp3) is 0.611. The minimum Gasteiger partial charge on any atom is -0.290 e. The van der Waals surface area contributed by atoms with Crippen molar-refractivity contribution in [2.75, 3.05) is 13.1 Å². The van der Waals surface area contributed by atoms with Gasteiger partial charge in [-0.15, -0.1) is 5.10 Å². The van der Waals surface area contributed by atoms with Crippen LogP contribution in [0.5, 0.6) is 0 Å². The molecule has 2 fully saturated rings. The number of tetrazole rings is 1. The summed E-state index contributed by atoms with van der Waals surface area (Å²) >= 11 is 0. The van der Waals surface area contributed by atoms with E-state index in [0.717, 1.165) is 18.9 Å². The van der Waals surface area contributed by atoms with Gasteiger partial charge in [0, 0.05) is 0 Å². The Labute approximate surface area is 137 Å². The van der Waals surface area contributed by atoms with Crippen LogP contribution in [0.4, 0.5) is 0 Å². The maximum atomic E-state index is 4.46. The molecule has 2 aliphatic rings. The van der Waals surface area contributed by atoms with E-state index in [9.17, 15) is 0 Å². The summed E-state index contributed by atoms with van der Waals surface area (Å²) in [5.74, 6) is 1.03. The normalized spacial score (nSPS) is 21.1. The molecule has 5 nitrogen and oxygen atoms in total. The van der Waals surface area contributed by atoms with Gasteiger partial charge in [-0.3, -0.25) is 4.90 Å². The maximum Gasteiger partial charge on any atom is 0.173 e. The number of rotatable bonds is 4. The summed E-state index contributed by atoms with van der Waals surface area (Å²) in [6.07, 6.45) is 7.55. The topological polar surface area (TPSA) is 46.8 Å². The standard InChI is InChI=1S/C18H25N5/c1-14-8-10-15(11-9-14)17(22-12-4-5-13-22)18-19-20-21-23(18)16-6-2-3-7-16/h8-11,16-17H,2-7,12-13H2,1H3/t17-/m1/s1. The Morgan fingerprint density at radius 3 is 2.39 bits per heavy atom. The van der Waals surface area contributed by atoms with Gasteiger partial charge in [0.05, 0.1) is 12.1 Å². The van der Waals surface area contributed by atoms with E-state index in [4.69, 9.17) is 0 Å². The molecule has 4 rings (SSSR count). The second kappa shape index (κ2) is 6.40. The van der Waals surface area contributed by atoms with Crippen molar-refractivity contribution in [2.24, 2.45) is 0 Å². The highest BCUT2D eigenvalue weighted by atomic mass is 15.6. The van der Waals surface area contributed by atoms with Crippen molar-refractivity contribution in [1.82, 2.24) is 25.1 Å². The van der Waals surface area contributed by atoms with Crippen molar-refractivity contribution >= 4 is 0 Å². The van der Waals surface area contributed by atoms with Crippen molar-refractivity contribution in [3.05, 3.63) is 41.2 Å². The average molecular weight is 311 g/mol. The quantitative estimate of drug-likeness (QED) is 0.869. The molecule has 1 atom stereocenters. The van der Waals surface area contributed by atoms with E-state index >= 15 is 0 Å². The van der Waals surface area contributed by atoms with E-state index in [1.165, 1.54) is 49.7 Å². The molecule has 2 heterocycles. The second-order valence-corrected chi connectivity index (χ2v) is 6.98. The van der Waals surface area contributed by atoms with E-state index in [2.05, 4.69) is 56.3 Å². The van der Waals surface area contributed by atoms with Gasteiger partial charge in [-0.2, -0.15) is 0 Å². The Balaban J connectivity index is 1.73. The third-order valence-corrected chi connectivity index (χ3v) is 5.33. The van der Waals surface area contributed by atoms with Crippen LogP contribution in [-0.2, 0) is 0 Å². The zero-order chi connectivity index (χ0) is 15.6. The summed E-state index contributed by atoms with van der Waals surface area (Å²) in [5, 5.41) is 12.9. The summed E-state index contributed by atoms with van der Waals surface area (Å²) in [6.45, 7) is 4.41. The lowest BCUT2D eigenvalue weighted by atomic mass is 10.0. The Morgan fingerprint density at radius 1 is 1.00 bits per heavy atom. The molecule has 1 saturated heterocycles. The smallest absolute Gasteiger partial charge is 0.173 e. The molecule has 0 amide bonds. The van der Waals surface area contributed by atoms with E-state index in [1.54, 1.807) is 0 Å². The molecule has 0 unspecified atom stereocenters. The Bertz CT molecular complexity index is 636. The number of nitrogens with zero attached hydrogens (tertiary/aromatic N) is 5. The van der Waals surface area contributed by atoms with Crippen LogP contribution < -0.4 is 0 Å². The molecule has 23 heavy (non-hydrogen) atoms. The van der Waals surface area contributed by atoms with Crippen LogP contribution in [0, 0.1) is 6.92 Å². The fourth-order valence-corrected chi connectivity index (χ4v) is 4.06. The number of aromatic nitrogens is 4. The molecule has 5 heteroatoms. The summed E-state index contributed by atoms with van der Waals surface area (Å²) in [7, 11) is 0. The van der Waals surface area contributed by atoms with E-state index in [-0.39, 0.29) is 6.04 Å². The minimum atomic E-state index is 0.189. The largest absolute Gasteiger partial charge is 0.290 e. The first-order valence-corrected chi connectivity index (χ1v) is 8.91. The molecular weight excluding hydrogens is 286 g/mol. The molecule has 1 aliphatic heterocycles. The van der Waals surface area contributed by atoms with Crippen molar-refractivity contribution in [3.8, 4) is 0 Å². The summed E-state index contributed by atoms with van der Waals surface area (Å²) in [4.78, 5) is 2.54. The number of hydrogen-bond donors (Lipinski definition) is 0. The van der Waals surface area contributed by atoms with Crippen LogP contribution in [0.2, 0.25) is 0 Å². The van der Waals surface area contributed by atoms with Crippen LogP contribution in [-0.4, -0.2) is 38.2 Å². The fourth-order valence-electron chi connectivity index (χ4n) is 4.06. The first-order valence-electron chi connectivity index (χ1n) is 8.91. The zero-order valence-corrected chi connectivity index (χ0v) is 13.9. The molecule has 0 bridgehead atoms. The average Bonchev–Trinajstić information content (AvgIpc) is 3.32. The first-order chi connectivity index (χ1) is 11.3. The molecule has 1 aromatic heterocycles. The number of hydrogen-bond acceptors (Lipinski definition) is 4.